The number of rotatable bonds is 3. The quantitative estimate of drug-likeness (QED) is 0.926. The fourth-order valence-electron chi connectivity index (χ4n) is 2.27. The molecule has 1 aromatic heterocycles. The molecule has 0 aliphatic heterocycles. The third kappa shape index (κ3) is 2.95. The minimum atomic E-state index is -0.0394. The molecule has 1 N–H and O–H groups in total. The van der Waals surface area contributed by atoms with Crippen molar-refractivity contribution in [2.24, 2.45) is 0 Å². The van der Waals surface area contributed by atoms with E-state index in [1.807, 2.05) is 49.6 Å². The zero-order valence-electron chi connectivity index (χ0n) is 12.0. The van der Waals surface area contributed by atoms with Crippen LogP contribution in [0.4, 0.5) is 5.69 Å². The second kappa shape index (κ2) is 5.66. The van der Waals surface area contributed by atoms with Crippen LogP contribution in [0.5, 0.6) is 0 Å². The Balaban J connectivity index is 1.74. The summed E-state index contributed by atoms with van der Waals surface area (Å²) in [6.07, 6.45) is 4.65. The predicted octanol–water partition coefficient (Wildman–Crippen LogP) is 4.11. The molecule has 0 saturated carbocycles. The first-order chi connectivity index (χ1) is 10.1. The van der Waals surface area contributed by atoms with Crippen molar-refractivity contribution < 1.29 is 4.79 Å². The van der Waals surface area contributed by atoms with Gasteiger partial charge in [0.05, 0.1) is 10.7 Å². The molecule has 1 aliphatic carbocycles. The van der Waals surface area contributed by atoms with Crippen molar-refractivity contribution in [3.63, 3.8) is 0 Å². The lowest BCUT2D eigenvalue weighted by molar-refractivity contribution is -0.112. The zero-order chi connectivity index (χ0) is 14.8. The summed E-state index contributed by atoms with van der Waals surface area (Å²) in [7, 11) is 0. The van der Waals surface area contributed by atoms with Crippen molar-refractivity contribution in [3.8, 4) is 0 Å². The number of para-hydroxylation sites is 1. The second-order valence-corrected chi connectivity index (χ2v) is 6.12. The van der Waals surface area contributed by atoms with E-state index in [4.69, 9.17) is 0 Å². The summed E-state index contributed by atoms with van der Waals surface area (Å²) in [5.41, 5.74) is 4.69. The van der Waals surface area contributed by atoms with Gasteiger partial charge >= 0.3 is 0 Å². The van der Waals surface area contributed by atoms with E-state index in [1.165, 1.54) is 0 Å². The number of carbonyl (C=O) groups is 1. The Labute approximate surface area is 128 Å². The number of carbonyl (C=O) groups excluding carboxylic acids is 1. The zero-order valence-corrected chi connectivity index (χ0v) is 12.8. The molecule has 0 saturated heterocycles. The molecule has 2 aromatic rings. The number of thiazole rings is 1. The Morgan fingerprint density at radius 2 is 2.10 bits per heavy atom. The van der Waals surface area contributed by atoms with Crippen LogP contribution in [-0.2, 0) is 4.79 Å². The first-order valence-electron chi connectivity index (χ1n) is 6.84. The van der Waals surface area contributed by atoms with Gasteiger partial charge in [-0.2, -0.15) is 0 Å². The maximum absolute atomic E-state index is 12.3. The van der Waals surface area contributed by atoms with E-state index in [0.717, 1.165) is 33.1 Å². The average Bonchev–Trinajstić information content (AvgIpc) is 3.10. The summed E-state index contributed by atoms with van der Waals surface area (Å²) < 4.78 is 0. The van der Waals surface area contributed by atoms with Gasteiger partial charge in [0.15, 0.2) is 0 Å². The molecule has 3 rings (SSSR count). The van der Waals surface area contributed by atoms with Gasteiger partial charge in [0.2, 0.25) is 0 Å². The number of amides is 1. The fraction of sp³-hybridized carbons (Fsp3) is 0.176. The highest BCUT2D eigenvalue weighted by Crippen LogP contribution is 2.28. The molecule has 0 atom stereocenters. The Bertz CT molecular complexity index is 756. The van der Waals surface area contributed by atoms with Gasteiger partial charge in [-0.1, -0.05) is 24.3 Å². The largest absolute Gasteiger partial charge is 0.322 e. The lowest BCUT2D eigenvalue weighted by atomic mass is 10.1. The minimum Gasteiger partial charge on any atom is -0.322 e. The molecule has 3 nitrogen and oxygen atoms in total. The topological polar surface area (TPSA) is 42.0 Å². The van der Waals surface area contributed by atoms with E-state index >= 15 is 0 Å². The van der Waals surface area contributed by atoms with Gasteiger partial charge in [0.25, 0.3) is 5.91 Å². The van der Waals surface area contributed by atoms with Gasteiger partial charge in [0, 0.05) is 16.6 Å². The highest BCUT2D eigenvalue weighted by molar-refractivity contribution is 7.09. The number of aromatic nitrogens is 1. The summed E-state index contributed by atoms with van der Waals surface area (Å²) in [6.45, 7) is 3.97. The van der Waals surface area contributed by atoms with Crippen molar-refractivity contribution in [2.75, 3.05) is 5.32 Å². The van der Waals surface area contributed by atoms with Crippen LogP contribution in [0, 0.1) is 13.8 Å². The molecule has 1 aliphatic rings. The second-order valence-electron chi connectivity index (χ2n) is 5.05. The number of anilines is 1. The molecule has 4 heteroatoms. The lowest BCUT2D eigenvalue weighted by Gasteiger charge is -2.08. The number of benzene rings is 1. The summed E-state index contributed by atoms with van der Waals surface area (Å²) in [5.74, 6) is -0.0394. The van der Waals surface area contributed by atoms with Crippen molar-refractivity contribution in [1.29, 1.82) is 0 Å². The van der Waals surface area contributed by atoms with Crippen molar-refractivity contribution in [1.82, 2.24) is 4.98 Å². The smallest absolute Gasteiger partial charge is 0.251 e. The summed E-state index contributed by atoms with van der Waals surface area (Å²) in [4.78, 5) is 16.8. The van der Waals surface area contributed by atoms with Crippen LogP contribution < -0.4 is 5.32 Å². The molecular formula is C17H16N2OS. The third-order valence-electron chi connectivity index (χ3n) is 3.47. The van der Waals surface area contributed by atoms with Crippen LogP contribution in [-0.4, -0.2) is 10.9 Å². The van der Waals surface area contributed by atoms with Crippen LogP contribution in [0.2, 0.25) is 0 Å². The molecular weight excluding hydrogens is 280 g/mol. The van der Waals surface area contributed by atoms with Crippen molar-refractivity contribution in [2.45, 2.75) is 20.3 Å². The van der Waals surface area contributed by atoms with Crippen molar-refractivity contribution in [3.05, 3.63) is 63.6 Å². The average molecular weight is 296 g/mol. The Morgan fingerprint density at radius 1 is 1.29 bits per heavy atom. The number of hydrogen-bond acceptors (Lipinski definition) is 3. The minimum absolute atomic E-state index is 0.0394. The summed E-state index contributed by atoms with van der Waals surface area (Å²) in [5, 5.41) is 6.04. The molecule has 0 spiro atoms. The van der Waals surface area contributed by atoms with E-state index in [9.17, 15) is 4.79 Å². The Kier molecular flexibility index (Phi) is 3.71. The van der Waals surface area contributed by atoms with E-state index < -0.39 is 0 Å². The standard InChI is InChI=1S/C17H16N2OS/c1-11-5-3-4-6-15(11)19-17(20)14-8-7-13(9-14)16-10-21-12(2)18-16/h3-7,9-10H,8H2,1-2H3,(H,19,20). The first-order valence-corrected chi connectivity index (χ1v) is 7.71. The van der Waals surface area contributed by atoms with Gasteiger partial charge < -0.3 is 5.32 Å². The molecule has 0 unspecified atom stereocenters. The van der Waals surface area contributed by atoms with Gasteiger partial charge in [-0.25, -0.2) is 4.98 Å². The number of aryl methyl sites for hydroxylation is 2. The number of nitrogens with one attached hydrogen (secondary N) is 1. The van der Waals surface area contributed by atoms with E-state index in [0.29, 0.717) is 6.42 Å². The molecule has 1 amide bonds. The highest BCUT2D eigenvalue weighted by Gasteiger charge is 2.17. The van der Waals surface area contributed by atoms with Crippen molar-refractivity contribution >= 4 is 28.5 Å². The molecule has 0 fully saturated rings. The fourth-order valence-corrected chi connectivity index (χ4v) is 2.90. The maximum atomic E-state index is 12.3. The first kappa shape index (κ1) is 13.8. The number of allylic oxidation sites excluding steroid dienone is 3. The molecule has 0 bridgehead atoms. The summed E-state index contributed by atoms with van der Waals surface area (Å²) in [6, 6.07) is 7.79. The Hall–Kier alpha value is -2.20. The SMILES string of the molecule is Cc1nc(C2=CCC(C(=O)Nc3ccccc3C)=C2)cs1. The van der Waals surface area contributed by atoms with Crippen LogP contribution in [0.3, 0.4) is 0 Å². The van der Waals surface area contributed by atoms with Crippen LogP contribution in [0.1, 0.15) is 22.7 Å². The predicted molar refractivity (Wildman–Crippen MR) is 87.3 cm³/mol. The molecule has 0 radical (unpaired) electrons. The van der Waals surface area contributed by atoms with Crippen LogP contribution in [0.15, 0.2) is 47.4 Å². The maximum Gasteiger partial charge on any atom is 0.251 e. The molecule has 106 valence electrons. The monoisotopic (exact) mass is 296 g/mol. The van der Waals surface area contributed by atoms with Crippen LogP contribution >= 0.6 is 11.3 Å². The number of nitrogens with zero attached hydrogens (tertiary/aromatic N) is 1. The molecule has 1 heterocycles. The summed E-state index contributed by atoms with van der Waals surface area (Å²) >= 11 is 1.62. The van der Waals surface area contributed by atoms with Gasteiger partial charge in [0.1, 0.15) is 0 Å². The highest BCUT2D eigenvalue weighted by atomic mass is 32.1. The van der Waals surface area contributed by atoms with E-state index in [-0.39, 0.29) is 5.91 Å². The molecule has 21 heavy (non-hydrogen) atoms. The third-order valence-corrected chi connectivity index (χ3v) is 4.24. The molecule has 1 aromatic carbocycles. The van der Waals surface area contributed by atoms with Gasteiger partial charge in [-0.05, 0) is 43.5 Å². The van der Waals surface area contributed by atoms with E-state index in [2.05, 4.69) is 16.4 Å². The Morgan fingerprint density at radius 3 is 2.81 bits per heavy atom. The lowest BCUT2D eigenvalue weighted by Crippen LogP contribution is -2.14. The van der Waals surface area contributed by atoms with Gasteiger partial charge in [-0.15, -0.1) is 11.3 Å². The van der Waals surface area contributed by atoms with Crippen LogP contribution in [0.25, 0.3) is 5.57 Å². The van der Waals surface area contributed by atoms with Gasteiger partial charge in [-0.3, -0.25) is 4.79 Å². The van der Waals surface area contributed by atoms with E-state index in [1.54, 1.807) is 11.3 Å². The normalized spacial score (nSPS) is 13.8. The number of hydrogen-bond donors (Lipinski definition) is 1.